The van der Waals surface area contributed by atoms with E-state index in [-0.39, 0.29) is 0 Å². The molecule has 1 aliphatic carbocycles. The van der Waals surface area contributed by atoms with Crippen molar-refractivity contribution < 1.29 is 0 Å². The number of hydrogen-bond acceptors (Lipinski definition) is 6. The third-order valence-electron chi connectivity index (χ3n) is 6.82. The lowest BCUT2D eigenvalue weighted by atomic mass is 9.81. The van der Waals surface area contributed by atoms with Crippen molar-refractivity contribution in [2.24, 2.45) is 11.8 Å². The van der Waals surface area contributed by atoms with E-state index in [0.29, 0.717) is 0 Å². The first kappa shape index (κ1) is 25.8. The number of aromatic nitrogens is 2. The molecule has 0 radical (unpaired) electrons. The molecular formula is C29H38N4S2. The van der Waals surface area contributed by atoms with Crippen LogP contribution < -0.4 is 10.2 Å². The van der Waals surface area contributed by atoms with Gasteiger partial charge in [-0.25, -0.2) is 9.97 Å². The normalized spacial score (nSPS) is 17.7. The van der Waals surface area contributed by atoms with Crippen LogP contribution in [0.5, 0.6) is 0 Å². The molecule has 3 aromatic heterocycles. The van der Waals surface area contributed by atoms with Crippen molar-refractivity contribution in [3.63, 3.8) is 0 Å². The highest BCUT2D eigenvalue weighted by Gasteiger charge is 2.19. The average Bonchev–Trinajstić information content (AvgIpc) is 3.57. The predicted molar refractivity (Wildman–Crippen MR) is 154 cm³/mol. The highest BCUT2D eigenvalue weighted by Crippen LogP contribution is 2.32. The molecule has 1 fully saturated rings. The Balaban J connectivity index is 0.000000179. The molecule has 6 heteroatoms. The summed E-state index contributed by atoms with van der Waals surface area (Å²) in [5, 5.41) is 6.93. The number of anilines is 1. The van der Waals surface area contributed by atoms with Gasteiger partial charge in [0.05, 0.1) is 5.52 Å². The van der Waals surface area contributed by atoms with Crippen LogP contribution in [0.3, 0.4) is 0 Å². The molecule has 3 heterocycles. The molecule has 0 aliphatic heterocycles. The van der Waals surface area contributed by atoms with Crippen LogP contribution in [0.2, 0.25) is 0 Å². The Morgan fingerprint density at radius 3 is 2.40 bits per heavy atom. The minimum Gasteiger partial charge on any atom is -0.362 e. The number of para-hydroxylation sites is 1. The maximum absolute atomic E-state index is 4.42. The predicted octanol–water partition coefficient (Wildman–Crippen LogP) is 7.79. The van der Waals surface area contributed by atoms with Gasteiger partial charge in [-0.3, -0.25) is 0 Å². The van der Waals surface area contributed by atoms with Crippen molar-refractivity contribution >= 4 is 39.4 Å². The van der Waals surface area contributed by atoms with E-state index in [0.717, 1.165) is 40.9 Å². The summed E-state index contributed by atoms with van der Waals surface area (Å²) >= 11 is 3.76. The lowest BCUT2D eigenvalue weighted by Gasteiger charge is -2.27. The molecule has 35 heavy (non-hydrogen) atoms. The summed E-state index contributed by atoms with van der Waals surface area (Å²) in [5.74, 6) is 3.71. The third kappa shape index (κ3) is 7.12. The van der Waals surface area contributed by atoms with Gasteiger partial charge in [0.1, 0.15) is 11.6 Å². The molecule has 4 aromatic rings. The highest BCUT2D eigenvalue weighted by atomic mass is 32.1. The Morgan fingerprint density at radius 2 is 1.69 bits per heavy atom. The molecule has 1 N–H and O–H groups in total. The standard InChI is InChI=1S/C18H25NS2.C11H13N3/c1-2-14-5-7-15(8-6-14)12-19-13-16-9-10-18(21-16)17-4-3-11-20-17;1-8-12-10-7-5-4-6-9(10)11(13-8)14(2)3/h3-4,9-11,14-15,19H,2,5-8,12-13H2,1H3;4-7H,1-3H3. The van der Waals surface area contributed by atoms with E-state index >= 15 is 0 Å². The van der Waals surface area contributed by atoms with E-state index < -0.39 is 0 Å². The van der Waals surface area contributed by atoms with Crippen LogP contribution in [0, 0.1) is 18.8 Å². The van der Waals surface area contributed by atoms with Gasteiger partial charge in [-0.15, -0.1) is 22.7 Å². The van der Waals surface area contributed by atoms with Crippen LogP contribution in [0.4, 0.5) is 5.82 Å². The Bertz CT molecular complexity index is 1170. The Kier molecular flexibility index (Phi) is 9.30. The number of nitrogens with zero attached hydrogens (tertiary/aromatic N) is 3. The molecule has 1 aromatic carbocycles. The second kappa shape index (κ2) is 12.6. The number of benzene rings is 1. The number of aryl methyl sites for hydroxylation is 1. The Morgan fingerprint density at radius 1 is 0.914 bits per heavy atom. The summed E-state index contributed by atoms with van der Waals surface area (Å²) in [6.45, 7) is 6.48. The summed E-state index contributed by atoms with van der Waals surface area (Å²) in [4.78, 5) is 15.1. The number of hydrogen-bond donors (Lipinski definition) is 1. The maximum Gasteiger partial charge on any atom is 0.139 e. The number of nitrogens with one attached hydrogen (secondary N) is 1. The van der Waals surface area contributed by atoms with E-state index in [9.17, 15) is 0 Å². The van der Waals surface area contributed by atoms with Gasteiger partial charge in [-0.1, -0.05) is 44.4 Å². The largest absolute Gasteiger partial charge is 0.362 e. The lowest BCUT2D eigenvalue weighted by Crippen LogP contribution is -2.25. The van der Waals surface area contributed by atoms with Gasteiger partial charge in [0.2, 0.25) is 0 Å². The van der Waals surface area contributed by atoms with E-state index in [2.05, 4.69) is 51.9 Å². The lowest BCUT2D eigenvalue weighted by molar-refractivity contribution is 0.262. The first-order valence-corrected chi connectivity index (χ1v) is 14.5. The van der Waals surface area contributed by atoms with Crippen LogP contribution in [0.25, 0.3) is 20.7 Å². The summed E-state index contributed by atoms with van der Waals surface area (Å²) < 4.78 is 0. The van der Waals surface area contributed by atoms with Crippen molar-refractivity contribution in [1.82, 2.24) is 15.3 Å². The fraction of sp³-hybridized carbons (Fsp3) is 0.448. The van der Waals surface area contributed by atoms with E-state index in [4.69, 9.17) is 0 Å². The summed E-state index contributed by atoms with van der Waals surface area (Å²) in [5.41, 5.74) is 1.00. The molecule has 5 rings (SSSR count). The third-order valence-corrected chi connectivity index (χ3v) is 8.97. The second-order valence-electron chi connectivity index (χ2n) is 9.68. The first-order chi connectivity index (χ1) is 17.0. The van der Waals surface area contributed by atoms with Crippen LogP contribution in [0.15, 0.2) is 53.9 Å². The number of fused-ring (bicyclic) bond motifs is 1. The number of thiophene rings is 2. The zero-order valence-electron chi connectivity index (χ0n) is 21.5. The van der Waals surface area contributed by atoms with Gasteiger partial charge < -0.3 is 10.2 Å². The summed E-state index contributed by atoms with van der Waals surface area (Å²) in [7, 11) is 3.99. The zero-order chi connectivity index (χ0) is 24.6. The average molecular weight is 507 g/mol. The van der Waals surface area contributed by atoms with Crippen LogP contribution >= 0.6 is 22.7 Å². The smallest absolute Gasteiger partial charge is 0.139 e. The van der Waals surface area contributed by atoms with Gasteiger partial charge >= 0.3 is 0 Å². The van der Waals surface area contributed by atoms with Crippen LogP contribution in [-0.4, -0.2) is 30.6 Å². The van der Waals surface area contributed by atoms with E-state index in [1.54, 1.807) is 0 Å². The first-order valence-electron chi connectivity index (χ1n) is 12.8. The molecule has 0 saturated heterocycles. The van der Waals surface area contributed by atoms with Crippen molar-refractivity contribution in [3.05, 3.63) is 64.6 Å². The van der Waals surface area contributed by atoms with Gasteiger partial charge in [0, 0.05) is 40.7 Å². The molecule has 0 atom stereocenters. The van der Waals surface area contributed by atoms with Crippen LogP contribution in [0.1, 0.15) is 49.7 Å². The molecule has 0 unspecified atom stereocenters. The van der Waals surface area contributed by atoms with Crippen molar-refractivity contribution in [1.29, 1.82) is 0 Å². The molecule has 4 nitrogen and oxygen atoms in total. The van der Waals surface area contributed by atoms with Crippen molar-refractivity contribution in [2.75, 3.05) is 25.5 Å². The van der Waals surface area contributed by atoms with E-state index in [1.165, 1.54) is 53.3 Å². The molecule has 0 amide bonds. The minimum absolute atomic E-state index is 0.812. The quantitative estimate of drug-likeness (QED) is 0.278. The van der Waals surface area contributed by atoms with E-state index in [1.807, 2.05) is 72.9 Å². The van der Waals surface area contributed by atoms with Crippen LogP contribution in [-0.2, 0) is 6.54 Å². The molecule has 1 aliphatic rings. The summed E-state index contributed by atoms with van der Waals surface area (Å²) in [6, 6.07) is 16.9. The van der Waals surface area contributed by atoms with Crippen molar-refractivity contribution in [3.8, 4) is 9.75 Å². The molecule has 1 saturated carbocycles. The van der Waals surface area contributed by atoms with Gasteiger partial charge in [0.15, 0.2) is 0 Å². The fourth-order valence-corrected chi connectivity index (χ4v) is 6.59. The zero-order valence-corrected chi connectivity index (χ0v) is 23.1. The second-order valence-corrected chi connectivity index (χ2v) is 11.8. The molecule has 0 bridgehead atoms. The van der Waals surface area contributed by atoms with Crippen molar-refractivity contribution in [2.45, 2.75) is 52.5 Å². The maximum atomic E-state index is 4.42. The highest BCUT2D eigenvalue weighted by molar-refractivity contribution is 7.21. The summed E-state index contributed by atoms with van der Waals surface area (Å²) in [6.07, 6.45) is 7.13. The SMILES string of the molecule is CCC1CCC(CNCc2ccc(-c3cccs3)s2)CC1.Cc1nc(N(C)C)c2ccccc2n1. The monoisotopic (exact) mass is 506 g/mol. The molecular weight excluding hydrogens is 468 g/mol. The van der Waals surface area contributed by atoms with Gasteiger partial charge in [-0.2, -0.15) is 0 Å². The Labute approximate surface area is 218 Å². The fourth-order valence-electron chi connectivity index (χ4n) is 4.78. The van der Waals surface area contributed by atoms with Gasteiger partial charge in [0.25, 0.3) is 0 Å². The Hall–Kier alpha value is -2.28. The molecule has 186 valence electrons. The van der Waals surface area contributed by atoms with Gasteiger partial charge in [-0.05, 0) is 73.9 Å². The molecule has 0 spiro atoms. The topological polar surface area (TPSA) is 41.1 Å². The number of rotatable bonds is 7. The minimum atomic E-state index is 0.812.